The second kappa shape index (κ2) is 7.13. The molecule has 7 nitrogen and oxygen atoms in total. The van der Waals surface area contributed by atoms with Crippen LogP contribution in [0, 0.1) is 17.3 Å². The van der Waals surface area contributed by atoms with Gasteiger partial charge in [-0.05, 0) is 37.5 Å². The fraction of sp³-hybridized carbons (Fsp3) is 0.500. The molecule has 0 aromatic heterocycles. The number of aliphatic carboxylic acids is 1. The number of amides is 3. The van der Waals surface area contributed by atoms with E-state index >= 15 is 0 Å². The largest absolute Gasteiger partial charge is 0.481 e. The predicted molar refractivity (Wildman–Crippen MR) is 95.6 cm³/mol. The molecule has 1 saturated carbocycles. The van der Waals surface area contributed by atoms with Crippen molar-refractivity contribution >= 4 is 29.3 Å². The highest BCUT2D eigenvalue weighted by Crippen LogP contribution is 2.58. The molecule has 2 rings (SSSR count). The minimum Gasteiger partial charge on any atom is -0.481 e. The van der Waals surface area contributed by atoms with E-state index in [9.17, 15) is 19.5 Å². The summed E-state index contributed by atoms with van der Waals surface area (Å²) in [6.45, 7) is 6.00. The van der Waals surface area contributed by atoms with Crippen molar-refractivity contribution in [2.75, 3.05) is 23.8 Å². The SMILES string of the molecule is CCNC(=O)N(C)c1cccc(NC(=O)C2CC2(C(=O)O)C(C)C)c1. The fourth-order valence-corrected chi connectivity index (χ4v) is 3.14. The maximum atomic E-state index is 12.4. The molecular weight excluding hydrogens is 322 g/mol. The van der Waals surface area contributed by atoms with Crippen LogP contribution in [-0.2, 0) is 9.59 Å². The molecule has 0 aliphatic heterocycles. The Labute approximate surface area is 147 Å². The van der Waals surface area contributed by atoms with E-state index in [0.717, 1.165) is 0 Å². The van der Waals surface area contributed by atoms with E-state index in [1.807, 2.05) is 20.8 Å². The molecule has 1 aliphatic rings. The number of anilines is 2. The van der Waals surface area contributed by atoms with Gasteiger partial charge in [0, 0.05) is 25.0 Å². The number of nitrogens with one attached hydrogen (secondary N) is 2. The van der Waals surface area contributed by atoms with E-state index < -0.39 is 17.3 Å². The summed E-state index contributed by atoms with van der Waals surface area (Å²) >= 11 is 0. The van der Waals surface area contributed by atoms with E-state index in [0.29, 0.717) is 24.3 Å². The number of carbonyl (C=O) groups is 3. The Morgan fingerprint density at radius 2 is 2.04 bits per heavy atom. The molecule has 1 aromatic rings. The summed E-state index contributed by atoms with van der Waals surface area (Å²) in [5.74, 6) is -1.87. The minimum absolute atomic E-state index is 0.115. The Hall–Kier alpha value is -2.57. The first-order valence-electron chi connectivity index (χ1n) is 8.39. The summed E-state index contributed by atoms with van der Waals surface area (Å²) in [6, 6.07) is 6.66. The van der Waals surface area contributed by atoms with Crippen LogP contribution >= 0.6 is 0 Å². The number of benzene rings is 1. The average molecular weight is 347 g/mol. The quantitative estimate of drug-likeness (QED) is 0.736. The normalized spacial score (nSPS) is 21.6. The van der Waals surface area contributed by atoms with E-state index in [2.05, 4.69) is 10.6 Å². The smallest absolute Gasteiger partial charge is 0.321 e. The van der Waals surface area contributed by atoms with Crippen LogP contribution in [0.5, 0.6) is 0 Å². The Balaban J connectivity index is 2.09. The molecule has 1 fully saturated rings. The van der Waals surface area contributed by atoms with Gasteiger partial charge in [-0.25, -0.2) is 4.79 Å². The zero-order valence-corrected chi connectivity index (χ0v) is 15.0. The molecule has 136 valence electrons. The Kier molecular flexibility index (Phi) is 5.35. The van der Waals surface area contributed by atoms with Gasteiger partial charge >= 0.3 is 12.0 Å². The third kappa shape index (κ3) is 3.60. The lowest BCUT2D eigenvalue weighted by molar-refractivity contribution is -0.147. The molecular formula is C18H25N3O4. The van der Waals surface area contributed by atoms with Gasteiger partial charge in [-0.3, -0.25) is 14.5 Å². The van der Waals surface area contributed by atoms with Gasteiger partial charge in [-0.1, -0.05) is 19.9 Å². The summed E-state index contributed by atoms with van der Waals surface area (Å²) in [5.41, 5.74) is 0.195. The number of rotatable bonds is 6. The zero-order chi connectivity index (χ0) is 18.8. The summed E-state index contributed by atoms with van der Waals surface area (Å²) in [4.78, 5) is 37.3. The summed E-state index contributed by atoms with van der Waals surface area (Å²) < 4.78 is 0. The lowest BCUT2D eigenvalue weighted by Crippen LogP contribution is -2.37. The number of hydrogen-bond donors (Lipinski definition) is 3. The Bertz CT molecular complexity index is 689. The van der Waals surface area contributed by atoms with Crippen molar-refractivity contribution in [3.05, 3.63) is 24.3 Å². The van der Waals surface area contributed by atoms with Crippen LogP contribution in [0.15, 0.2) is 24.3 Å². The van der Waals surface area contributed by atoms with E-state index in [1.165, 1.54) is 4.90 Å². The standard InChI is InChI=1S/C18H25N3O4/c1-5-19-17(25)21(4)13-8-6-7-12(9-13)20-15(22)14-10-18(14,11(2)3)16(23)24/h6-9,11,14H,5,10H2,1-4H3,(H,19,25)(H,20,22)(H,23,24). The number of carboxylic acid groups (broad SMARTS) is 1. The highest BCUT2D eigenvalue weighted by molar-refractivity contribution is 6.01. The maximum absolute atomic E-state index is 12.4. The lowest BCUT2D eigenvalue weighted by Gasteiger charge is -2.19. The van der Waals surface area contributed by atoms with Crippen molar-refractivity contribution in [3.63, 3.8) is 0 Å². The molecule has 25 heavy (non-hydrogen) atoms. The number of carboxylic acids is 1. The van der Waals surface area contributed by atoms with Gasteiger partial charge in [0.25, 0.3) is 0 Å². The highest BCUT2D eigenvalue weighted by Gasteiger charge is 2.65. The predicted octanol–water partition coefficient (Wildman–Crippen LogP) is 2.54. The molecule has 2 unspecified atom stereocenters. The van der Waals surface area contributed by atoms with E-state index in [4.69, 9.17) is 0 Å². The van der Waals surface area contributed by atoms with Crippen molar-refractivity contribution in [1.29, 1.82) is 0 Å². The van der Waals surface area contributed by atoms with Crippen LogP contribution in [0.3, 0.4) is 0 Å². The van der Waals surface area contributed by atoms with Gasteiger partial charge in [-0.15, -0.1) is 0 Å². The van der Waals surface area contributed by atoms with Crippen molar-refractivity contribution in [2.45, 2.75) is 27.2 Å². The molecule has 0 radical (unpaired) electrons. The molecule has 0 bridgehead atoms. The van der Waals surface area contributed by atoms with E-state index in [1.54, 1.807) is 31.3 Å². The van der Waals surface area contributed by atoms with E-state index in [-0.39, 0.29) is 17.9 Å². The van der Waals surface area contributed by atoms with Crippen molar-refractivity contribution in [2.24, 2.45) is 17.3 Å². The maximum Gasteiger partial charge on any atom is 0.321 e. The number of urea groups is 1. The van der Waals surface area contributed by atoms with Crippen LogP contribution in [0.1, 0.15) is 27.2 Å². The molecule has 2 atom stereocenters. The van der Waals surface area contributed by atoms with Gasteiger partial charge in [0.05, 0.1) is 11.3 Å². The summed E-state index contributed by atoms with van der Waals surface area (Å²) in [6.07, 6.45) is 0.352. The van der Waals surface area contributed by atoms with Crippen LogP contribution in [-0.4, -0.2) is 36.6 Å². The molecule has 1 aliphatic carbocycles. The molecule has 7 heteroatoms. The first kappa shape index (κ1) is 18.8. The Morgan fingerprint density at radius 3 is 2.56 bits per heavy atom. The van der Waals surface area contributed by atoms with Crippen molar-refractivity contribution < 1.29 is 19.5 Å². The third-order valence-corrected chi connectivity index (χ3v) is 4.88. The Morgan fingerprint density at radius 1 is 1.36 bits per heavy atom. The highest BCUT2D eigenvalue weighted by atomic mass is 16.4. The first-order valence-corrected chi connectivity index (χ1v) is 8.39. The molecule has 1 aromatic carbocycles. The van der Waals surface area contributed by atoms with Gasteiger partial charge in [0.15, 0.2) is 0 Å². The molecule has 0 saturated heterocycles. The molecule has 0 heterocycles. The first-order chi connectivity index (χ1) is 11.7. The number of hydrogen-bond acceptors (Lipinski definition) is 3. The van der Waals surface area contributed by atoms with Crippen LogP contribution in [0.2, 0.25) is 0 Å². The van der Waals surface area contributed by atoms with Gasteiger partial charge in [0.1, 0.15) is 0 Å². The van der Waals surface area contributed by atoms with Crippen LogP contribution in [0.4, 0.5) is 16.2 Å². The summed E-state index contributed by atoms with van der Waals surface area (Å²) in [5, 5.41) is 14.9. The number of carbonyl (C=O) groups excluding carboxylic acids is 2. The van der Waals surface area contributed by atoms with Gasteiger partial charge in [-0.2, -0.15) is 0 Å². The second-order valence-corrected chi connectivity index (χ2v) is 6.69. The fourth-order valence-electron chi connectivity index (χ4n) is 3.14. The van der Waals surface area contributed by atoms with Gasteiger partial charge < -0.3 is 15.7 Å². The zero-order valence-electron chi connectivity index (χ0n) is 15.0. The minimum atomic E-state index is -0.973. The third-order valence-electron chi connectivity index (χ3n) is 4.88. The van der Waals surface area contributed by atoms with Crippen molar-refractivity contribution in [3.8, 4) is 0 Å². The second-order valence-electron chi connectivity index (χ2n) is 6.69. The van der Waals surface area contributed by atoms with Crippen molar-refractivity contribution in [1.82, 2.24) is 5.32 Å². The molecule has 0 spiro atoms. The average Bonchev–Trinajstić information content (AvgIpc) is 3.32. The molecule has 3 N–H and O–H groups in total. The summed E-state index contributed by atoms with van der Waals surface area (Å²) in [7, 11) is 1.64. The lowest BCUT2D eigenvalue weighted by atomic mass is 9.89. The topological polar surface area (TPSA) is 98.7 Å². The van der Waals surface area contributed by atoms with Gasteiger partial charge in [0.2, 0.25) is 5.91 Å². The van der Waals surface area contributed by atoms with Crippen LogP contribution in [0.25, 0.3) is 0 Å². The number of nitrogens with zero attached hydrogens (tertiary/aromatic N) is 1. The van der Waals surface area contributed by atoms with Crippen LogP contribution < -0.4 is 15.5 Å². The molecule has 3 amide bonds. The monoisotopic (exact) mass is 347 g/mol.